The first kappa shape index (κ1) is 12.1. The van der Waals surface area contributed by atoms with E-state index in [2.05, 4.69) is 20.9 Å². The summed E-state index contributed by atoms with van der Waals surface area (Å²) in [6.45, 7) is 1.73. The molecule has 1 atom stereocenters. The summed E-state index contributed by atoms with van der Waals surface area (Å²) in [4.78, 5) is 10.4. The van der Waals surface area contributed by atoms with E-state index in [0.29, 0.717) is 0 Å². The molecule has 0 spiro atoms. The molecule has 1 N–H and O–H groups in total. The highest BCUT2D eigenvalue weighted by molar-refractivity contribution is 5.55. The van der Waals surface area contributed by atoms with Gasteiger partial charge in [0.25, 0.3) is 0 Å². The quantitative estimate of drug-likeness (QED) is 0.894. The maximum Gasteiger partial charge on any atom is 0.115 e. The van der Waals surface area contributed by atoms with Gasteiger partial charge >= 0.3 is 0 Å². The third kappa shape index (κ3) is 2.58. The SMILES string of the molecule is OC1CCCN(Cc2cncnc2)c2ccccc21. The molecule has 0 fully saturated rings. The average molecular weight is 255 g/mol. The van der Waals surface area contributed by atoms with Gasteiger partial charge in [-0.3, -0.25) is 0 Å². The molecule has 0 aliphatic carbocycles. The lowest BCUT2D eigenvalue weighted by Gasteiger charge is -2.25. The first-order valence-corrected chi connectivity index (χ1v) is 6.60. The van der Waals surface area contributed by atoms with Crippen molar-refractivity contribution in [2.45, 2.75) is 25.5 Å². The van der Waals surface area contributed by atoms with Gasteiger partial charge in [0.15, 0.2) is 0 Å². The Kier molecular flexibility index (Phi) is 3.42. The van der Waals surface area contributed by atoms with Gasteiger partial charge in [0, 0.05) is 42.3 Å². The minimum atomic E-state index is -0.353. The number of hydrogen-bond acceptors (Lipinski definition) is 4. The number of nitrogens with zero attached hydrogens (tertiary/aromatic N) is 3. The predicted molar refractivity (Wildman–Crippen MR) is 73.7 cm³/mol. The maximum atomic E-state index is 10.2. The summed E-state index contributed by atoms with van der Waals surface area (Å²) >= 11 is 0. The van der Waals surface area contributed by atoms with E-state index >= 15 is 0 Å². The van der Waals surface area contributed by atoms with Gasteiger partial charge in [0.2, 0.25) is 0 Å². The highest BCUT2D eigenvalue weighted by Gasteiger charge is 2.20. The van der Waals surface area contributed by atoms with Gasteiger partial charge in [0.1, 0.15) is 6.33 Å². The number of para-hydroxylation sites is 1. The van der Waals surface area contributed by atoms with Crippen molar-refractivity contribution in [2.75, 3.05) is 11.4 Å². The van der Waals surface area contributed by atoms with Crippen LogP contribution in [-0.4, -0.2) is 21.6 Å². The molecule has 1 aliphatic heterocycles. The number of rotatable bonds is 2. The Balaban J connectivity index is 1.91. The molecule has 0 bridgehead atoms. The molecule has 1 aliphatic rings. The maximum absolute atomic E-state index is 10.2. The van der Waals surface area contributed by atoms with Crippen molar-refractivity contribution in [3.63, 3.8) is 0 Å². The van der Waals surface area contributed by atoms with E-state index in [4.69, 9.17) is 0 Å². The molecule has 0 radical (unpaired) electrons. The van der Waals surface area contributed by atoms with Crippen LogP contribution in [0.4, 0.5) is 5.69 Å². The minimum absolute atomic E-state index is 0.353. The Morgan fingerprint density at radius 3 is 2.84 bits per heavy atom. The van der Waals surface area contributed by atoms with Gasteiger partial charge in [0.05, 0.1) is 6.10 Å². The number of benzene rings is 1. The fourth-order valence-electron chi connectivity index (χ4n) is 2.60. The number of aliphatic hydroxyl groups excluding tert-OH is 1. The van der Waals surface area contributed by atoms with Gasteiger partial charge in [-0.25, -0.2) is 9.97 Å². The van der Waals surface area contributed by atoms with Gasteiger partial charge in [-0.05, 0) is 18.9 Å². The normalized spacial score (nSPS) is 18.8. The zero-order chi connectivity index (χ0) is 13.1. The lowest BCUT2D eigenvalue weighted by atomic mass is 10.0. The van der Waals surface area contributed by atoms with E-state index < -0.39 is 0 Å². The number of fused-ring (bicyclic) bond motifs is 1. The van der Waals surface area contributed by atoms with Gasteiger partial charge in [-0.1, -0.05) is 18.2 Å². The molecule has 4 nitrogen and oxygen atoms in total. The van der Waals surface area contributed by atoms with Crippen molar-refractivity contribution >= 4 is 5.69 Å². The van der Waals surface area contributed by atoms with Crippen LogP contribution in [0.3, 0.4) is 0 Å². The molecule has 4 heteroatoms. The lowest BCUT2D eigenvalue weighted by molar-refractivity contribution is 0.168. The molecular weight excluding hydrogens is 238 g/mol. The Hall–Kier alpha value is -1.94. The fraction of sp³-hybridized carbons (Fsp3) is 0.333. The largest absolute Gasteiger partial charge is 0.388 e. The van der Waals surface area contributed by atoms with Crippen LogP contribution in [0.5, 0.6) is 0 Å². The summed E-state index contributed by atoms with van der Waals surface area (Å²) in [6.07, 6.45) is 6.69. The molecule has 2 heterocycles. The van der Waals surface area contributed by atoms with Crippen molar-refractivity contribution in [3.8, 4) is 0 Å². The summed E-state index contributed by atoms with van der Waals surface area (Å²) in [5, 5.41) is 10.2. The number of hydrogen-bond donors (Lipinski definition) is 1. The van der Waals surface area contributed by atoms with Crippen LogP contribution in [0.25, 0.3) is 0 Å². The molecule has 0 saturated carbocycles. The van der Waals surface area contributed by atoms with Crippen LogP contribution < -0.4 is 4.90 Å². The molecule has 1 unspecified atom stereocenters. The predicted octanol–water partition coefficient (Wildman–Crippen LogP) is 2.31. The van der Waals surface area contributed by atoms with Gasteiger partial charge in [-0.2, -0.15) is 0 Å². The van der Waals surface area contributed by atoms with Crippen molar-refractivity contribution in [2.24, 2.45) is 0 Å². The second-order valence-corrected chi connectivity index (χ2v) is 4.89. The van der Waals surface area contributed by atoms with E-state index in [1.54, 1.807) is 6.33 Å². The Morgan fingerprint density at radius 1 is 1.21 bits per heavy atom. The summed E-state index contributed by atoms with van der Waals surface area (Å²) in [7, 11) is 0. The second-order valence-electron chi connectivity index (χ2n) is 4.89. The molecular formula is C15H17N3O. The molecule has 0 saturated heterocycles. The Morgan fingerprint density at radius 2 is 2.00 bits per heavy atom. The first-order valence-electron chi connectivity index (χ1n) is 6.60. The summed E-state index contributed by atoms with van der Waals surface area (Å²) in [5.74, 6) is 0. The van der Waals surface area contributed by atoms with E-state index in [1.807, 2.05) is 30.6 Å². The number of aromatic nitrogens is 2. The van der Waals surface area contributed by atoms with Crippen LogP contribution in [-0.2, 0) is 6.54 Å². The minimum Gasteiger partial charge on any atom is -0.388 e. The Labute approximate surface area is 112 Å². The van der Waals surface area contributed by atoms with Crippen LogP contribution in [0.2, 0.25) is 0 Å². The lowest BCUT2D eigenvalue weighted by Crippen LogP contribution is -2.23. The zero-order valence-corrected chi connectivity index (χ0v) is 10.7. The molecule has 98 valence electrons. The van der Waals surface area contributed by atoms with Crippen molar-refractivity contribution < 1.29 is 5.11 Å². The topological polar surface area (TPSA) is 49.2 Å². The van der Waals surface area contributed by atoms with E-state index in [-0.39, 0.29) is 6.10 Å². The Bertz CT molecular complexity index is 544. The third-order valence-electron chi connectivity index (χ3n) is 3.53. The zero-order valence-electron chi connectivity index (χ0n) is 10.7. The molecule has 3 rings (SSSR count). The fourth-order valence-corrected chi connectivity index (χ4v) is 2.60. The van der Waals surface area contributed by atoms with Gasteiger partial charge < -0.3 is 10.0 Å². The van der Waals surface area contributed by atoms with Crippen LogP contribution in [0, 0.1) is 0 Å². The molecule has 19 heavy (non-hydrogen) atoms. The van der Waals surface area contributed by atoms with Crippen molar-refractivity contribution in [1.82, 2.24) is 9.97 Å². The average Bonchev–Trinajstić information content (AvgIpc) is 2.61. The highest BCUT2D eigenvalue weighted by Crippen LogP contribution is 2.33. The molecule has 1 aromatic heterocycles. The summed E-state index contributed by atoms with van der Waals surface area (Å²) < 4.78 is 0. The smallest absolute Gasteiger partial charge is 0.115 e. The monoisotopic (exact) mass is 255 g/mol. The molecule has 0 amide bonds. The van der Waals surface area contributed by atoms with E-state index in [9.17, 15) is 5.11 Å². The molecule has 2 aromatic rings. The number of aliphatic hydroxyl groups is 1. The highest BCUT2D eigenvalue weighted by atomic mass is 16.3. The number of anilines is 1. The second kappa shape index (κ2) is 5.36. The summed E-state index contributed by atoms with van der Waals surface area (Å²) in [5.41, 5.74) is 3.24. The molecule has 1 aromatic carbocycles. The van der Waals surface area contributed by atoms with Crippen LogP contribution in [0.1, 0.15) is 30.1 Å². The van der Waals surface area contributed by atoms with Crippen molar-refractivity contribution in [3.05, 3.63) is 54.1 Å². The van der Waals surface area contributed by atoms with Crippen molar-refractivity contribution in [1.29, 1.82) is 0 Å². The van der Waals surface area contributed by atoms with E-state index in [0.717, 1.165) is 42.7 Å². The van der Waals surface area contributed by atoms with Gasteiger partial charge in [-0.15, -0.1) is 0 Å². The first-order chi connectivity index (χ1) is 9.34. The van der Waals surface area contributed by atoms with Crippen LogP contribution >= 0.6 is 0 Å². The third-order valence-corrected chi connectivity index (χ3v) is 3.53. The van der Waals surface area contributed by atoms with E-state index in [1.165, 1.54) is 0 Å². The standard InChI is InChI=1S/C15H17N3O/c19-15-6-3-7-18(10-12-8-16-11-17-9-12)14-5-2-1-4-13(14)15/h1-2,4-5,8-9,11,15,19H,3,6-7,10H2. The van der Waals surface area contributed by atoms with Crippen LogP contribution in [0.15, 0.2) is 43.0 Å². The summed E-state index contributed by atoms with van der Waals surface area (Å²) in [6, 6.07) is 8.09.